The summed E-state index contributed by atoms with van der Waals surface area (Å²) < 4.78 is 0.409. The smallest absolute Gasteiger partial charge is 0.293 e. The fourth-order valence-corrected chi connectivity index (χ4v) is 4.49. The van der Waals surface area contributed by atoms with Gasteiger partial charge in [-0.25, -0.2) is 0 Å². The molecule has 1 aliphatic heterocycles. The van der Waals surface area contributed by atoms with Crippen LogP contribution in [0.25, 0.3) is 6.08 Å². The van der Waals surface area contributed by atoms with Crippen LogP contribution in [0.3, 0.4) is 0 Å². The number of nitro benzene ring substituents is 2. The van der Waals surface area contributed by atoms with Gasteiger partial charge in [-0.2, -0.15) is 0 Å². The van der Waals surface area contributed by atoms with Crippen molar-refractivity contribution in [2.24, 2.45) is 0 Å². The Morgan fingerprint density at radius 1 is 1.14 bits per heavy atom. The molecule has 13 heteroatoms. The van der Waals surface area contributed by atoms with Crippen LogP contribution in [0, 0.1) is 20.2 Å². The molecule has 2 N–H and O–H groups in total. The first kappa shape index (κ1) is 25.8. The molecule has 0 atom stereocenters. The van der Waals surface area contributed by atoms with Crippen LogP contribution in [0.15, 0.2) is 47.4 Å². The Kier molecular flexibility index (Phi) is 8.49. The molecule has 0 bridgehead atoms. The van der Waals surface area contributed by atoms with Crippen molar-refractivity contribution in [2.75, 3.05) is 12.0 Å². The number of hydrazine groups is 1. The minimum atomic E-state index is -0.789. The molecule has 182 valence electrons. The number of thiocarbonyl (C=S) groups is 1. The van der Waals surface area contributed by atoms with E-state index in [9.17, 15) is 29.8 Å². The van der Waals surface area contributed by atoms with Gasteiger partial charge < -0.3 is 0 Å². The maximum absolute atomic E-state index is 12.7. The number of hydrogen-bond acceptors (Lipinski definition) is 9. The van der Waals surface area contributed by atoms with Crippen LogP contribution < -0.4 is 10.9 Å². The van der Waals surface area contributed by atoms with Gasteiger partial charge in [-0.3, -0.25) is 45.6 Å². The maximum atomic E-state index is 12.7. The van der Waals surface area contributed by atoms with Gasteiger partial charge in [-0.1, -0.05) is 55.2 Å². The molecule has 0 aliphatic carbocycles. The molecule has 2 aromatic carbocycles. The lowest BCUT2D eigenvalue weighted by Gasteiger charge is -2.14. The molecule has 0 unspecified atom stereocenters. The number of carbonyl (C=O) groups excluding carboxylic acids is 2. The van der Waals surface area contributed by atoms with Crippen molar-refractivity contribution < 1.29 is 19.4 Å². The summed E-state index contributed by atoms with van der Waals surface area (Å²) >= 11 is 6.52. The fourth-order valence-electron chi connectivity index (χ4n) is 3.18. The minimum Gasteiger partial charge on any atom is -0.293 e. The number of non-ortho nitro benzene ring substituents is 1. The number of anilines is 1. The third-order valence-corrected chi connectivity index (χ3v) is 6.45. The number of thioether (sulfide) groups is 1. The molecule has 0 saturated carbocycles. The predicted octanol–water partition coefficient (Wildman–Crippen LogP) is 4.19. The van der Waals surface area contributed by atoms with Crippen LogP contribution in [0.2, 0.25) is 0 Å². The molecule has 0 spiro atoms. The molecule has 0 radical (unpaired) electrons. The number of nitrogens with one attached hydrogen (secondary N) is 2. The molecule has 0 aromatic heterocycles. The van der Waals surface area contributed by atoms with E-state index in [0.29, 0.717) is 15.6 Å². The normalized spacial score (nSPS) is 14.3. The molecular formula is C22H21N5O6S2. The Hall–Kier alpha value is -3.84. The number of carbonyl (C=O) groups is 2. The average Bonchev–Trinajstić information content (AvgIpc) is 3.10. The van der Waals surface area contributed by atoms with Gasteiger partial charge in [0.25, 0.3) is 11.6 Å². The van der Waals surface area contributed by atoms with Gasteiger partial charge in [-0.05, 0) is 36.1 Å². The molecule has 1 heterocycles. The van der Waals surface area contributed by atoms with E-state index in [2.05, 4.69) is 17.8 Å². The van der Waals surface area contributed by atoms with Crippen LogP contribution in [0.4, 0.5) is 17.1 Å². The average molecular weight is 516 g/mol. The second-order valence-corrected chi connectivity index (χ2v) is 9.10. The standard InChI is InChI=1S/C22H21N5O6S2/c1-2-14-5-7-15(8-6-14)12-19-21(29)25(22(34)35-19)11-3-4-20(28)24-23-17-10-9-16(26(30)31)13-18(17)27(32)33/h5-10,12-13,23H,2-4,11H2,1H3,(H,24,28)/b19-12-. The summed E-state index contributed by atoms with van der Waals surface area (Å²) in [5.41, 5.74) is 5.75. The second kappa shape index (κ2) is 11.5. The fraction of sp³-hybridized carbons (Fsp3) is 0.227. The number of amides is 2. The first-order valence-corrected chi connectivity index (χ1v) is 11.7. The third kappa shape index (κ3) is 6.61. The van der Waals surface area contributed by atoms with Gasteiger partial charge in [0.2, 0.25) is 5.91 Å². The van der Waals surface area contributed by atoms with E-state index in [4.69, 9.17) is 12.2 Å². The second-order valence-electron chi connectivity index (χ2n) is 7.42. The molecule has 35 heavy (non-hydrogen) atoms. The predicted molar refractivity (Wildman–Crippen MR) is 136 cm³/mol. The van der Waals surface area contributed by atoms with E-state index in [0.717, 1.165) is 30.2 Å². The van der Waals surface area contributed by atoms with Crippen LogP contribution >= 0.6 is 24.0 Å². The summed E-state index contributed by atoms with van der Waals surface area (Å²) in [6.07, 6.45) is 3.03. The number of benzene rings is 2. The highest BCUT2D eigenvalue weighted by Crippen LogP contribution is 2.33. The lowest BCUT2D eigenvalue weighted by molar-refractivity contribution is -0.393. The van der Waals surface area contributed by atoms with Gasteiger partial charge >= 0.3 is 5.69 Å². The summed E-state index contributed by atoms with van der Waals surface area (Å²) in [6.45, 7) is 2.30. The zero-order chi connectivity index (χ0) is 25.5. The van der Waals surface area contributed by atoms with E-state index in [1.807, 2.05) is 24.3 Å². The van der Waals surface area contributed by atoms with E-state index in [-0.39, 0.29) is 24.6 Å². The molecule has 2 amide bonds. The highest BCUT2D eigenvalue weighted by atomic mass is 32.2. The Morgan fingerprint density at radius 2 is 1.86 bits per heavy atom. The molecule has 3 rings (SSSR count). The van der Waals surface area contributed by atoms with Crippen molar-refractivity contribution in [3.05, 3.63) is 78.7 Å². The maximum Gasteiger partial charge on any atom is 0.300 e. The van der Waals surface area contributed by atoms with Crippen molar-refractivity contribution in [1.82, 2.24) is 10.3 Å². The number of rotatable bonds is 10. The Bertz CT molecular complexity index is 1220. The van der Waals surface area contributed by atoms with E-state index < -0.39 is 27.1 Å². The summed E-state index contributed by atoms with van der Waals surface area (Å²) in [7, 11) is 0. The van der Waals surface area contributed by atoms with Gasteiger partial charge in [-0.15, -0.1) is 0 Å². The minimum absolute atomic E-state index is 0.0162. The Balaban J connectivity index is 1.52. The zero-order valence-corrected chi connectivity index (χ0v) is 20.2. The van der Waals surface area contributed by atoms with Crippen molar-refractivity contribution >= 4 is 63.3 Å². The van der Waals surface area contributed by atoms with Crippen molar-refractivity contribution in [3.8, 4) is 0 Å². The first-order valence-electron chi connectivity index (χ1n) is 10.5. The Labute approximate surface area is 209 Å². The largest absolute Gasteiger partial charge is 0.300 e. The molecule has 1 fully saturated rings. The van der Waals surface area contributed by atoms with Crippen LogP contribution in [-0.2, 0) is 16.0 Å². The van der Waals surface area contributed by atoms with Crippen molar-refractivity contribution in [3.63, 3.8) is 0 Å². The molecule has 1 aliphatic rings. The topological polar surface area (TPSA) is 148 Å². The summed E-state index contributed by atoms with van der Waals surface area (Å²) in [5.74, 6) is -0.700. The third-order valence-electron chi connectivity index (χ3n) is 5.07. The van der Waals surface area contributed by atoms with E-state index in [1.54, 1.807) is 6.08 Å². The lowest BCUT2D eigenvalue weighted by atomic mass is 10.1. The highest BCUT2D eigenvalue weighted by Gasteiger charge is 2.31. The first-order chi connectivity index (χ1) is 16.7. The molecule has 1 saturated heterocycles. The molecular weight excluding hydrogens is 494 g/mol. The summed E-state index contributed by atoms with van der Waals surface area (Å²) in [6, 6.07) is 10.9. The van der Waals surface area contributed by atoms with Crippen molar-refractivity contribution in [2.45, 2.75) is 26.2 Å². The van der Waals surface area contributed by atoms with Crippen molar-refractivity contribution in [1.29, 1.82) is 0 Å². The molecule has 11 nitrogen and oxygen atoms in total. The quantitative estimate of drug-likeness (QED) is 0.206. The monoisotopic (exact) mass is 515 g/mol. The van der Waals surface area contributed by atoms with Gasteiger partial charge in [0.1, 0.15) is 10.0 Å². The molecule has 2 aromatic rings. The lowest BCUT2D eigenvalue weighted by Crippen LogP contribution is -2.32. The highest BCUT2D eigenvalue weighted by molar-refractivity contribution is 8.26. The van der Waals surface area contributed by atoms with Crippen LogP contribution in [0.1, 0.15) is 30.9 Å². The van der Waals surface area contributed by atoms with Gasteiger partial charge in [0, 0.05) is 19.0 Å². The zero-order valence-electron chi connectivity index (χ0n) is 18.6. The summed E-state index contributed by atoms with van der Waals surface area (Å²) in [5, 5.41) is 22.0. The van der Waals surface area contributed by atoms with Crippen LogP contribution in [0.5, 0.6) is 0 Å². The Morgan fingerprint density at radius 3 is 2.49 bits per heavy atom. The number of nitro groups is 2. The SMILES string of the molecule is CCc1ccc(/C=C2\SC(=S)N(CCCC(=O)NNc3ccc([N+](=O)[O-])cc3[N+](=O)[O-])C2=O)cc1. The van der Waals surface area contributed by atoms with E-state index >= 15 is 0 Å². The number of hydrogen-bond donors (Lipinski definition) is 2. The number of nitrogens with zero attached hydrogens (tertiary/aromatic N) is 3. The van der Waals surface area contributed by atoms with E-state index in [1.165, 1.54) is 22.2 Å². The number of aryl methyl sites for hydroxylation is 1. The summed E-state index contributed by atoms with van der Waals surface area (Å²) in [4.78, 5) is 47.3. The van der Waals surface area contributed by atoms with Crippen LogP contribution in [-0.4, -0.2) is 37.4 Å². The van der Waals surface area contributed by atoms with Gasteiger partial charge in [0.15, 0.2) is 0 Å². The van der Waals surface area contributed by atoms with Gasteiger partial charge in [0.05, 0.1) is 20.8 Å².